The molecule has 1 N–H and O–H groups in total. The molecule has 11 heavy (non-hydrogen) atoms. The molecule has 0 bridgehead atoms. The van der Waals surface area contributed by atoms with Crippen LogP contribution in [0.3, 0.4) is 0 Å². The monoisotopic (exact) mass is 150 g/mol. The van der Waals surface area contributed by atoms with E-state index in [4.69, 9.17) is 4.74 Å². The van der Waals surface area contributed by atoms with Crippen molar-refractivity contribution in [3.63, 3.8) is 0 Å². The minimum Gasteiger partial charge on any atom is -0.488 e. The first kappa shape index (κ1) is 6.46. The molecule has 2 heterocycles. The summed E-state index contributed by atoms with van der Waals surface area (Å²) in [5, 5.41) is 3.22. The van der Waals surface area contributed by atoms with Gasteiger partial charge in [0.2, 0.25) is 0 Å². The fraction of sp³-hybridized carbons (Fsp3) is 0.375. The van der Waals surface area contributed by atoms with Gasteiger partial charge in [-0.05, 0) is 19.1 Å². The number of anilines is 1. The molecular formula is C8H10N2O. The third-order valence-electron chi connectivity index (χ3n) is 1.64. The van der Waals surface area contributed by atoms with Crippen molar-refractivity contribution in [3.05, 3.63) is 18.3 Å². The minimum atomic E-state index is 0.359. The van der Waals surface area contributed by atoms with Crippen LogP contribution in [-0.4, -0.2) is 17.6 Å². The molecule has 2 rings (SSSR count). The summed E-state index contributed by atoms with van der Waals surface area (Å²) in [4.78, 5) is 4.13. The molecule has 0 aliphatic carbocycles. The number of hydrogen-bond acceptors (Lipinski definition) is 3. The molecular weight excluding hydrogens is 140 g/mol. The first-order chi connectivity index (χ1) is 5.36. The third kappa shape index (κ3) is 1.13. The van der Waals surface area contributed by atoms with E-state index in [9.17, 15) is 0 Å². The van der Waals surface area contributed by atoms with Crippen molar-refractivity contribution < 1.29 is 4.74 Å². The molecule has 1 aromatic rings. The molecule has 0 radical (unpaired) electrons. The summed E-state index contributed by atoms with van der Waals surface area (Å²) >= 11 is 0. The Labute approximate surface area is 65.4 Å². The molecule has 0 saturated heterocycles. The molecule has 3 heteroatoms. The van der Waals surface area contributed by atoms with E-state index in [2.05, 4.69) is 17.2 Å². The zero-order valence-corrected chi connectivity index (χ0v) is 6.37. The molecule has 1 aliphatic rings. The molecule has 0 unspecified atom stereocenters. The number of rotatable bonds is 0. The Morgan fingerprint density at radius 3 is 3.55 bits per heavy atom. The number of ether oxygens (including phenoxy) is 1. The van der Waals surface area contributed by atoms with E-state index in [0.29, 0.717) is 6.04 Å². The number of pyridine rings is 1. The summed E-state index contributed by atoms with van der Waals surface area (Å²) in [6, 6.07) is 4.15. The molecule has 0 amide bonds. The molecule has 0 fully saturated rings. The van der Waals surface area contributed by atoms with E-state index in [1.165, 1.54) is 0 Å². The molecule has 1 atom stereocenters. The van der Waals surface area contributed by atoms with Gasteiger partial charge in [0.15, 0.2) is 11.6 Å². The van der Waals surface area contributed by atoms with Crippen LogP contribution >= 0.6 is 0 Å². The van der Waals surface area contributed by atoms with Gasteiger partial charge < -0.3 is 10.1 Å². The van der Waals surface area contributed by atoms with E-state index in [0.717, 1.165) is 18.2 Å². The van der Waals surface area contributed by atoms with Crippen molar-refractivity contribution in [2.24, 2.45) is 0 Å². The largest absolute Gasteiger partial charge is 0.488 e. The molecule has 0 saturated carbocycles. The van der Waals surface area contributed by atoms with Crippen LogP contribution < -0.4 is 10.1 Å². The second-order valence-electron chi connectivity index (χ2n) is 2.71. The molecule has 0 spiro atoms. The maximum atomic E-state index is 5.41. The van der Waals surface area contributed by atoms with Crippen LogP contribution in [0.25, 0.3) is 0 Å². The van der Waals surface area contributed by atoms with Crippen LogP contribution in [0.2, 0.25) is 0 Å². The van der Waals surface area contributed by atoms with E-state index in [1.54, 1.807) is 6.20 Å². The maximum Gasteiger partial charge on any atom is 0.169 e. The third-order valence-corrected chi connectivity index (χ3v) is 1.64. The Kier molecular flexibility index (Phi) is 1.42. The highest BCUT2D eigenvalue weighted by atomic mass is 16.5. The lowest BCUT2D eigenvalue weighted by atomic mass is 10.3. The lowest BCUT2D eigenvalue weighted by Gasteiger charge is -2.23. The van der Waals surface area contributed by atoms with E-state index < -0.39 is 0 Å². The average Bonchev–Trinajstić information content (AvgIpc) is 2.04. The normalized spacial score (nSPS) is 21.4. The smallest absolute Gasteiger partial charge is 0.169 e. The van der Waals surface area contributed by atoms with Crippen LogP contribution in [0.5, 0.6) is 5.75 Å². The van der Waals surface area contributed by atoms with E-state index in [1.807, 2.05) is 12.1 Å². The Morgan fingerprint density at radius 1 is 1.73 bits per heavy atom. The molecule has 1 aromatic heterocycles. The van der Waals surface area contributed by atoms with Gasteiger partial charge in [-0.1, -0.05) is 0 Å². The zero-order chi connectivity index (χ0) is 7.68. The summed E-state index contributed by atoms with van der Waals surface area (Å²) in [6.45, 7) is 2.79. The number of nitrogens with one attached hydrogen (secondary N) is 1. The summed E-state index contributed by atoms with van der Waals surface area (Å²) in [7, 11) is 0. The van der Waals surface area contributed by atoms with Gasteiger partial charge in [-0.2, -0.15) is 0 Å². The van der Waals surface area contributed by atoms with Crippen LogP contribution in [-0.2, 0) is 0 Å². The Bertz CT molecular complexity index is 262. The molecule has 3 nitrogen and oxygen atoms in total. The molecule has 0 aromatic carbocycles. The highest BCUT2D eigenvalue weighted by molar-refractivity contribution is 5.51. The second kappa shape index (κ2) is 2.42. The van der Waals surface area contributed by atoms with Gasteiger partial charge in [0, 0.05) is 6.20 Å². The molecule has 58 valence electrons. The van der Waals surface area contributed by atoms with Crippen LogP contribution in [0.4, 0.5) is 5.82 Å². The summed E-state index contributed by atoms with van der Waals surface area (Å²) in [5.74, 6) is 1.71. The van der Waals surface area contributed by atoms with E-state index >= 15 is 0 Å². The van der Waals surface area contributed by atoms with Gasteiger partial charge in [0.05, 0.1) is 6.04 Å². The van der Waals surface area contributed by atoms with Crippen molar-refractivity contribution >= 4 is 5.82 Å². The quantitative estimate of drug-likeness (QED) is 0.604. The standard InChI is InChI=1S/C8H10N2O/c1-6-5-11-7-3-2-4-9-8(7)10-6/h2-4,6H,5H2,1H3,(H,9,10)/t6-/m1/s1. The summed E-state index contributed by atoms with van der Waals surface area (Å²) < 4.78 is 5.41. The van der Waals surface area contributed by atoms with Crippen molar-refractivity contribution in [3.8, 4) is 5.75 Å². The highest BCUT2D eigenvalue weighted by Crippen LogP contribution is 2.24. The van der Waals surface area contributed by atoms with Gasteiger partial charge in [-0.25, -0.2) is 4.98 Å². The van der Waals surface area contributed by atoms with Crippen LogP contribution in [0.1, 0.15) is 6.92 Å². The zero-order valence-electron chi connectivity index (χ0n) is 6.37. The Hall–Kier alpha value is -1.25. The predicted octanol–water partition coefficient (Wildman–Crippen LogP) is 1.27. The van der Waals surface area contributed by atoms with E-state index in [-0.39, 0.29) is 0 Å². The summed E-state index contributed by atoms with van der Waals surface area (Å²) in [6.07, 6.45) is 1.76. The lowest BCUT2D eigenvalue weighted by molar-refractivity contribution is 0.290. The molecule has 1 aliphatic heterocycles. The minimum absolute atomic E-state index is 0.359. The van der Waals surface area contributed by atoms with Crippen molar-refractivity contribution in [2.75, 3.05) is 11.9 Å². The number of fused-ring (bicyclic) bond motifs is 1. The van der Waals surface area contributed by atoms with Gasteiger partial charge in [0.25, 0.3) is 0 Å². The fourth-order valence-electron chi connectivity index (χ4n) is 1.11. The fourth-order valence-corrected chi connectivity index (χ4v) is 1.11. The van der Waals surface area contributed by atoms with Crippen molar-refractivity contribution in [2.45, 2.75) is 13.0 Å². The average molecular weight is 150 g/mol. The predicted molar refractivity (Wildman–Crippen MR) is 42.8 cm³/mol. The number of hydrogen-bond donors (Lipinski definition) is 1. The van der Waals surface area contributed by atoms with Crippen molar-refractivity contribution in [1.29, 1.82) is 0 Å². The van der Waals surface area contributed by atoms with Crippen LogP contribution in [0, 0.1) is 0 Å². The first-order valence-corrected chi connectivity index (χ1v) is 3.70. The number of aromatic nitrogens is 1. The highest BCUT2D eigenvalue weighted by Gasteiger charge is 2.14. The topological polar surface area (TPSA) is 34.1 Å². The summed E-state index contributed by atoms with van der Waals surface area (Å²) in [5.41, 5.74) is 0. The van der Waals surface area contributed by atoms with Gasteiger partial charge in [-0.3, -0.25) is 0 Å². The Morgan fingerprint density at radius 2 is 2.64 bits per heavy atom. The SMILES string of the molecule is C[C@@H]1COc2cccnc2N1. The Balaban J connectivity index is 2.34. The van der Waals surface area contributed by atoms with Gasteiger partial charge in [-0.15, -0.1) is 0 Å². The van der Waals surface area contributed by atoms with Gasteiger partial charge >= 0.3 is 0 Å². The first-order valence-electron chi connectivity index (χ1n) is 3.70. The van der Waals surface area contributed by atoms with Gasteiger partial charge in [0.1, 0.15) is 6.61 Å². The lowest BCUT2D eigenvalue weighted by Crippen LogP contribution is -2.28. The van der Waals surface area contributed by atoms with Crippen molar-refractivity contribution in [1.82, 2.24) is 4.98 Å². The second-order valence-corrected chi connectivity index (χ2v) is 2.71. The number of nitrogens with zero attached hydrogens (tertiary/aromatic N) is 1. The maximum absolute atomic E-state index is 5.41. The van der Waals surface area contributed by atoms with Crippen LogP contribution in [0.15, 0.2) is 18.3 Å².